The highest BCUT2D eigenvalue weighted by molar-refractivity contribution is 7.91. The predicted molar refractivity (Wildman–Crippen MR) is 80.0 cm³/mol. The normalized spacial score (nSPS) is 39.4. The van der Waals surface area contributed by atoms with E-state index in [0.717, 1.165) is 18.3 Å². The minimum Gasteiger partial charge on any atom is -0.308 e. The van der Waals surface area contributed by atoms with Crippen LogP contribution in [0.4, 0.5) is 0 Å². The second kappa shape index (κ2) is 5.72. The Morgan fingerprint density at radius 2 is 1.89 bits per heavy atom. The van der Waals surface area contributed by atoms with E-state index in [9.17, 15) is 8.42 Å². The summed E-state index contributed by atoms with van der Waals surface area (Å²) in [5.41, 5.74) is -0.179. The Balaban J connectivity index is 1.90. The molecule has 4 heteroatoms. The van der Waals surface area contributed by atoms with Crippen molar-refractivity contribution in [1.82, 2.24) is 5.32 Å². The molecule has 0 bridgehead atoms. The van der Waals surface area contributed by atoms with Crippen molar-refractivity contribution in [3.05, 3.63) is 0 Å². The van der Waals surface area contributed by atoms with Crippen molar-refractivity contribution in [3.63, 3.8) is 0 Å². The van der Waals surface area contributed by atoms with Gasteiger partial charge in [-0.05, 0) is 44.4 Å². The van der Waals surface area contributed by atoms with Crippen LogP contribution in [-0.2, 0) is 9.84 Å². The zero-order chi connectivity index (χ0) is 14.1. The molecule has 1 saturated carbocycles. The van der Waals surface area contributed by atoms with Gasteiger partial charge in [-0.1, -0.05) is 26.7 Å². The van der Waals surface area contributed by atoms with Crippen LogP contribution in [0.15, 0.2) is 0 Å². The molecule has 112 valence electrons. The standard InChI is InChI=1S/C15H29NO2S/c1-12(2)13-5-4-6-14(8-7-13)16-15(3)9-10-19(17,18)11-15/h12-14,16H,4-11H2,1-3H3. The van der Waals surface area contributed by atoms with Crippen LogP contribution in [0.3, 0.4) is 0 Å². The van der Waals surface area contributed by atoms with Gasteiger partial charge in [0, 0.05) is 11.6 Å². The van der Waals surface area contributed by atoms with Gasteiger partial charge in [0.1, 0.15) is 0 Å². The van der Waals surface area contributed by atoms with Crippen LogP contribution >= 0.6 is 0 Å². The van der Waals surface area contributed by atoms with Gasteiger partial charge in [0.05, 0.1) is 11.5 Å². The summed E-state index contributed by atoms with van der Waals surface area (Å²) in [5.74, 6) is 2.31. The first-order valence-electron chi connectivity index (χ1n) is 7.78. The summed E-state index contributed by atoms with van der Waals surface area (Å²) in [6, 6.07) is 0.516. The van der Waals surface area contributed by atoms with E-state index in [4.69, 9.17) is 0 Å². The summed E-state index contributed by atoms with van der Waals surface area (Å²) < 4.78 is 23.3. The largest absolute Gasteiger partial charge is 0.308 e. The van der Waals surface area contributed by atoms with Gasteiger partial charge < -0.3 is 5.32 Å². The van der Waals surface area contributed by atoms with Crippen molar-refractivity contribution in [2.24, 2.45) is 11.8 Å². The topological polar surface area (TPSA) is 46.2 Å². The fourth-order valence-electron chi connectivity index (χ4n) is 3.76. The molecule has 2 rings (SSSR count). The zero-order valence-electron chi connectivity index (χ0n) is 12.6. The summed E-state index contributed by atoms with van der Waals surface area (Å²) in [4.78, 5) is 0. The Hall–Kier alpha value is -0.0900. The average Bonchev–Trinajstić information content (AvgIpc) is 2.49. The maximum Gasteiger partial charge on any atom is 0.152 e. The molecule has 2 fully saturated rings. The third kappa shape index (κ3) is 4.19. The number of hydrogen-bond acceptors (Lipinski definition) is 3. The molecule has 0 aromatic carbocycles. The van der Waals surface area contributed by atoms with Gasteiger partial charge in [-0.15, -0.1) is 0 Å². The van der Waals surface area contributed by atoms with Gasteiger partial charge in [-0.25, -0.2) is 8.42 Å². The second-order valence-corrected chi connectivity index (χ2v) is 9.44. The summed E-state index contributed by atoms with van der Waals surface area (Å²) in [6.07, 6.45) is 7.10. The average molecular weight is 287 g/mol. The fraction of sp³-hybridized carbons (Fsp3) is 1.00. The minimum atomic E-state index is -2.80. The molecule has 3 atom stereocenters. The first-order valence-corrected chi connectivity index (χ1v) is 9.60. The van der Waals surface area contributed by atoms with Crippen molar-refractivity contribution in [1.29, 1.82) is 0 Å². The quantitative estimate of drug-likeness (QED) is 0.812. The van der Waals surface area contributed by atoms with Gasteiger partial charge in [-0.3, -0.25) is 0 Å². The maximum atomic E-state index is 11.7. The summed E-state index contributed by atoms with van der Waals surface area (Å²) >= 11 is 0. The summed E-state index contributed by atoms with van der Waals surface area (Å²) in [7, 11) is -2.80. The Morgan fingerprint density at radius 1 is 1.16 bits per heavy atom. The van der Waals surface area contributed by atoms with Crippen LogP contribution in [0.2, 0.25) is 0 Å². The first kappa shape index (κ1) is 15.3. The molecule has 1 saturated heterocycles. The highest BCUT2D eigenvalue weighted by Crippen LogP contribution is 2.31. The van der Waals surface area contributed by atoms with E-state index in [1.165, 1.54) is 32.1 Å². The summed E-state index contributed by atoms with van der Waals surface area (Å²) in [6.45, 7) is 6.73. The summed E-state index contributed by atoms with van der Waals surface area (Å²) in [5, 5.41) is 3.67. The smallest absolute Gasteiger partial charge is 0.152 e. The van der Waals surface area contributed by atoms with Crippen LogP contribution in [0.1, 0.15) is 59.3 Å². The Morgan fingerprint density at radius 3 is 2.47 bits per heavy atom. The lowest BCUT2D eigenvalue weighted by molar-refractivity contribution is 0.306. The van der Waals surface area contributed by atoms with Gasteiger partial charge in [0.15, 0.2) is 9.84 Å². The van der Waals surface area contributed by atoms with Gasteiger partial charge in [-0.2, -0.15) is 0 Å². The van der Waals surface area contributed by atoms with Crippen LogP contribution in [0, 0.1) is 11.8 Å². The SMILES string of the molecule is CC(C)C1CCCC(NC2(C)CCS(=O)(=O)C2)CC1. The molecule has 0 radical (unpaired) electrons. The molecule has 3 nitrogen and oxygen atoms in total. The van der Waals surface area contributed by atoms with Gasteiger partial charge in [0.2, 0.25) is 0 Å². The number of sulfone groups is 1. The Bertz CT molecular complexity index is 404. The van der Waals surface area contributed by atoms with E-state index < -0.39 is 9.84 Å². The number of rotatable bonds is 3. The first-order chi connectivity index (χ1) is 8.80. The van der Waals surface area contributed by atoms with Crippen LogP contribution < -0.4 is 5.32 Å². The molecule has 0 spiro atoms. The Labute approximate surface area is 118 Å². The lowest BCUT2D eigenvalue weighted by Gasteiger charge is -2.30. The van der Waals surface area contributed by atoms with Crippen molar-refractivity contribution < 1.29 is 8.42 Å². The maximum absolute atomic E-state index is 11.7. The molecule has 1 aliphatic carbocycles. The monoisotopic (exact) mass is 287 g/mol. The molecule has 0 aromatic rings. The van der Waals surface area contributed by atoms with E-state index in [-0.39, 0.29) is 5.54 Å². The van der Waals surface area contributed by atoms with Gasteiger partial charge in [0.25, 0.3) is 0 Å². The second-order valence-electron chi connectivity index (χ2n) is 7.26. The van der Waals surface area contributed by atoms with E-state index in [1.807, 2.05) is 0 Å². The van der Waals surface area contributed by atoms with Crippen LogP contribution in [-0.4, -0.2) is 31.5 Å². The number of hydrogen-bond donors (Lipinski definition) is 1. The third-order valence-electron chi connectivity index (χ3n) is 5.01. The van der Waals surface area contributed by atoms with Gasteiger partial charge >= 0.3 is 0 Å². The van der Waals surface area contributed by atoms with E-state index in [0.29, 0.717) is 17.5 Å². The molecule has 2 aliphatic rings. The molecule has 1 aliphatic heterocycles. The van der Waals surface area contributed by atoms with E-state index in [1.54, 1.807) is 0 Å². The highest BCUT2D eigenvalue weighted by Gasteiger charge is 2.39. The van der Waals surface area contributed by atoms with Crippen molar-refractivity contribution in [3.8, 4) is 0 Å². The third-order valence-corrected chi connectivity index (χ3v) is 6.92. The Kier molecular flexibility index (Phi) is 4.61. The molecule has 1 N–H and O–H groups in total. The predicted octanol–water partition coefficient (Wildman–Crippen LogP) is 2.76. The van der Waals surface area contributed by atoms with Crippen molar-refractivity contribution >= 4 is 9.84 Å². The molecule has 3 unspecified atom stereocenters. The highest BCUT2D eigenvalue weighted by atomic mass is 32.2. The molecule has 1 heterocycles. The molecular weight excluding hydrogens is 258 g/mol. The minimum absolute atomic E-state index is 0.179. The van der Waals surface area contributed by atoms with E-state index >= 15 is 0 Å². The zero-order valence-corrected chi connectivity index (χ0v) is 13.4. The van der Waals surface area contributed by atoms with Crippen LogP contribution in [0.5, 0.6) is 0 Å². The van der Waals surface area contributed by atoms with E-state index in [2.05, 4.69) is 26.1 Å². The van der Waals surface area contributed by atoms with Crippen molar-refractivity contribution in [2.45, 2.75) is 70.9 Å². The molecule has 0 aromatic heterocycles. The number of nitrogens with one attached hydrogen (secondary N) is 1. The molecular formula is C15H29NO2S. The fourth-order valence-corrected chi connectivity index (χ4v) is 5.86. The molecule has 0 amide bonds. The lowest BCUT2D eigenvalue weighted by Crippen LogP contribution is -2.49. The van der Waals surface area contributed by atoms with Crippen molar-refractivity contribution in [2.75, 3.05) is 11.5 Å². The van der Waals surface area contributed by atoms with Crippen LogP contribution in [0.25, 0.3) is 0 Å². The molecule has 19 heavy (non-hydrogen) atoms. The lowest BCUT2D eigenvalue weighted by atomic mass is 9.89.